The lowest BCUT2D eigenvalue weighted by Gasteiger charge is -2.20. The average Bonchev–Trinajstić information content (AvgIpc) is 2.46. The van der Waals surface area contributed by atoms with Crippen LogP contribution in [0.4, 0.5) is 0 Å². The number of fused-ring (bicyclic) bond motifs is 1. The third kappa shape index (κ3) is 4.61. The molecule has 0 bridgehead atoms. The lowest BCUT2D eigenvalue weighted by atomic mass is 10.1. The summed E-state index contributed by atoms with van der Waals surface area (Å²) >= 11 is 0. The Hall–Kier alpha value is -1.27. The maximum absolute atomic E-state index is 12.0. The summed E-state index contributed by atoms with van der Waals surface area (Å²) in [6, 6.07) is 4.83. The molecule has 0 amide bonds. The Balaban J connectivity index is 2.01. The second-order valence-electron chi connectivity index (χ2n) is 5.33. The van der Waals surface area contributed by atoms with Crippen LogP contribution in [0.1, 0.15) is 37.8 Å². The number of benzene rings is 1. The van der Waals surface area contributed by atoms with Gasteiger partial charge in [0.25, 0.3) is 0 Å². The van der Waals surface area contributed by atoms with E-state index < -0.39 is 15.9 Å². The molecule has 118 valence electrons. The highest BCUT2D eigenvalue weighted by Crippen LogP contribution is 2.32. The zero-order valence-corrected chi connectivity index (χ0v) is 13.2. The molecule has 1 aliphatic rings. The summed E-state index contributed by atoms with van der Waals surface area (Å²) in [4.78, 5) is 0. The van der Waals surface area contributed by atoms with Gasteiger partial charge in [-0.2, -0.15) is 0 Å². The number of unbranched alkanes of at least 4 members (excludes halogenated alkanes) is 2. The molecule has 1 atom stereocenters. The maximum Gasteiger partial charge on any atom is 0.161 e. The summed E-state index contributed by atoms with van der Waals surface area (Å²) in [5, 5.41) is 0. The zero-order chi connectivity index (χ0) is 15.3. The van der Waals surface area contributed by atoms with Crippen molar-refractivity contribution in [1.82, 2.24) is 0 Å². The maximum atomic E-state index is 12.0. The summed E-state index contributed by atoms with van der Waals surface area (Å²) in [5.41, 5.74) is 6.81. The zero-order valence-electron chi connectivity index (χ0n) is 12.4. The molecule has 0 aliphatic carbocycles. The van der Waals surface area contributed by atoms with Gasteiger partial charge < -0.3 is 15.2 Å². The normalized spacial score (nSPS) is 15.7. The van der Waals surface area contributed by atoms with Crippen LogP contribution in [0.2, 0.25) is 0 Å². The summed E-state index contributed by atoms with van der Waals surface area (Å²) in [6.45, 7) is 3.08. The number of sulfone groups is 1. The van der Waals surface area contributed by atoms with Crippen molar-refractivity contribution >= 4 is 9.84 Å². The van der Waals surface area contributed by atoms with Gasteiger partial charge >= 0.3 is 0 Å². The Labute approximate surface area is 126 Å². The van der Waals surface area contributed by atoms with E-state index in [1.165, 1.54) is 0 Å². The fraction of sp³-hybridized carbons (Fsp3) is 0.600. The van der Waals surface area contributed by atoms with Gasteiger partial charge in [0.1, 0.15) is 13.2 Å². The van der Waals surface area contributed by atoms with Gasteiger partial charge in [0.2, 0.25) is 0 Å². The molecular weight excluding hydrogens is 290 g/mol. The van der Waals surface area contributed by atoms with Crippen LogP contribution in [0.3, 0.4) is 0 Å². The Kier molecular flexibility index (Phi) is 5.47. The van der Waals surface area contributed by atoms with Gasteiger partial charge in [0.05, 0.1) is 11.5 Å². The molecule has 2 N–H and O–H groups in total. The minimum Gasteiger partial charge on any atom is -0.486 e. The number of hydrogen-bond acceptors (Lipinski definition) is 5. The first-order chi connectivity index (χ1) is 10.0. The Morgan fingerprint density at radius 1 is 1.19 bits per heavy atom. The van der Waals surface area contributed by atoms with Gasteiger partial charge in [-0.25, -0.2) is 8.42 Å². The quantitative estimate of drug-likeness (QED) is 0.780. The molecule has 1 aliphatic heterocycles. The lowest BCUT2D eigenvalue weighted by Crippen LogP contribution is -2.24. The summed E-state index contributed by atoms with van der Waals surface area (Å²) < 4.78 is 35.0. The van der Waals surface area contributed by atoms with Gasteiger partial charge in [-0.1, -0.05) is 25.8 Å². The molecule has 5 nitrogen and oxygen atoms in total. The van der Waals surface area contributed by atoms with Crippen LogP contribution in [0.15, 0.2) is 18.2 Å². The van der Waals surface area contributed by atoms with E-state index in [4.69, 9.17) is 15.2 Å². The predicted octanol–water partition coefficient (Wildman–Crippen LogP) is 2.06. The molecule has 0 radical (unpaired) electrons. The number of ether oxygens (including phenoxy) is 2. The predicted molar refractivity (Wildman–Crippen MR) is 82.5 cm³/mol. The molecule has 0 aromatic heterocycles. The number of hydrogen-bond donors (Lipinski definition) is 1. The van der Waals surface area contributed by atoms with Crippen LogP contribution < -0.4 is 15.2 Å². The second kappa shape index (κ2) is 7.13. The van der Waals surface area contributed by atoms with Crippen LogP contribution in [-0.4, -0.2) is 33.1 Å². The van der Waals surface area contributed by atoms with Crippen molar-refractivity contribution in [2.75, 3.05) is 24.7 Å². The van der Waals surface area contributed by atoms with Crippen molar-refractivity contribution in [2.45, 2.75) is 32.2 Å². The molecule has 1 aromatic rings. The molecule has 1 aromatic carbocycles. The molecule has 2 rings (SSSR count). The Bertz CT molecular complexity index is 571. The minimum atomic E-state index is -3.12. The SMILES string of the molecule is CCCCCS(=O)(=O)CC(N)c1ccc2c(c1)OCCO2. The van der Waals surface area contributed by atoms with Crippen molar-refractivity contribution < 1.29 is 17.9 Å². The lowest BCUT2D eigenvalue weighted by molar-refractivity contribution is 0.171. The van der Waals surface area contributed by atoms with Crippen molar-refractivity contribution in [3.63, 3.8) is 0 Å². The van der Waals surface area contributed by atoms with E-state index in [1.54, 1.807) is 18.2 Å². The smallest absolute Gasteiger partial charge is 0.161 e. The third-order valence-electron chi connectivity index (χ3n) is 3.49. The van der Waals surface area contributed by atoms with Gasteiger partial charge in [-0.05, 0) is 24.1 Å². The first-order valence-electron chi connectivity index (χ1n) is 7.37. The van der Waals surface area contributed by atoms with Crippen molar-refractivity contribution in [2.24, 2.45) is 5.73 Å². The molecule has 0 spiro atoms. The molecule has 1 heterocycles. The second-order valence-corrected chi connectivity index (χ2v) is 7.56. The average molecular weight is 313 g/mol. The van der Waals surface area contributed by atoms with E-state index in [2.05, 4.69) is 0 Å². The number of nitrogens with two attached hydrogens (primary N) is 1. The van der Waals surface area contributed by atoms with Gasteiger partial charge in [0.15, 0.2) is 21.3 Å². The molecule has 6 heteroatoms. The van der Waals surface area contributed by atoms with Crippen molar-refractivity contribution in [3.05, 3.63) is 23.8 Å². The first kappa shape index (κ1) is 16.1. The minimum absolute atomic E-state index is 0.0314. The largest absolute Gasteiger partial charge is 0.486 e. The summed E-state index contributed by atoms with van der Waals surface area (Å²) in [6.07, 6.45) is 2.63. The molecular formula is C15H23NO4S. The first-order valence-corrected chi connectivity index (χ1v) is 9.19. The third-order valence-corrected chi connectivity index (χ3v) is 5.26. The van der Waals surface area contributed by atoms with Crippen LogP contribution in [-0.2, 0) is 9.84 Å². The van der Waals surface area contributed by atoms with E-state index in [0.717, 1.165) is 18.4 Å². The van der Waals surface area contributed by atoms with Gasteiger partial charge in [0, 0.05) is 6.04 Å². The van der Waals surface area contributed by atoms with Gasteiger partial charge in [-0.3, -0.25) is 0 Å². The standard InChI is InChI=1S/C15H23NO4S/c1-2-3-4-9-21(17,18)11-13(16)12-5-6-14-15(10-12)20-8-7-19-14/h5-6,10,13H,2-4,7-9,11,16H2,1H3. The van der Waals surface area contributed by atoms with E-state index in [1.807, 2.05) is 6.92 Å². The van der Waals surface area contributed by atoms with Crippen LogP contribution >= 0.6 is 0 Å². The fourth-order valence-corrected chi connectivity index (χ4v) is 3.87. The topological polar surface area (TPSA) is 78.6 Å². The Morgan fingerprint density at radius 3 is 2.62 bits per heavy atom. The fourth-order valence-electron chi connectivity index (χ4n) is 2.32. The molecule has 1 unspecified atom stereocenters. The summed E-state index contributed by atoms with van der Waals surface area (Å²) in [7, 11) is -3.12. The van der Waals surface area contributed by atoms with E-state index in [0.29, 0.717) is 31.1 Å². The van der Waals surface area contributed by atoms with Gasteiger partial charge in [-0.15, -0.1) is 0 Å². The molecule has 0 saturated heterocycles. The number of rotatable bonds is 7. The van der Waals surface area contributed by atoms with Crippen molar-refractivity contribution in [1.29, 1.82) is 0 Å². The van der Waals surface area contributed by atoms with Crippen LogP contribution in [0.5, 0.6) is 11.5 Å². The van der Waals surface area contributed by atoms with Crippen molar-refractivity contribution in [3.8, 4) is 11.5 Å². The summed E-state index contributed by atoms with van der Waals surface area (Å²) in [5.74, 6) is 1.50. The highest BCUT2D eigenvalue weighted by molar-refractivity contribution is 7.91. The molecule has 0 saturated carbocycles. The Morgan fingerprint density at radius 2 is 1.90 bits per heavy atom. The molecule has 0 fully saturated rings. The van der Waals surface area contributed by atoms with E-state index in [-0.39, 0.29) is 11.5 Å². The van der Waals surface area contributed by atoms with E-state index in [9.17, 15) is 8.42 Å². The molecule has 21 heavy (non-hydrogen) atoms. The highest BCUT2D eigenvalue weighted by atomic mass is 32.2. The van der Waals surface area contributed by atoms with Crippen LogP contribution in [0.25, 0.3) is 0 Å². The monoisotopic (exact) mass is 313 g/mol. The van der Waals surface area contributed by atoms with E-state index >= 15 is 0 Å². The highest BCUT2D eigenvalue weighted by Gasteiger charge is 2.20. The van der Waals surface area contributed by atoms with Crippen LogP contribution in [0, 0.1) is 0 Å².